The number of hydrogen-bond acceptors (Lipinski definition) is 3. The largest absolute Gasteiger partial charge is 0.329 e. The summed E-state index contributed by atoms with van der Waals surface area (Å²) < 4.78 is 14.8. The lowest BCUT2D eigenvalue weighted by Crippen LogP contribution is -2.12. The first-order valence-electron chi connectivity index (χ1n) is 5.91. The zero-order valence-corrected chi connectivity index (χ0v) is 13.0. The Labute approximate surface area is 124 Å². The number of rotatable bonds is 5. The lowest BCUT2D eigenvalue weighted by atomic mass is 10.3. The molecule has 102 valence electrons. The third-order valence-corrected chi connectivity index (χ3v) is 4.49. The summed E-state index contributed by atoms with van der Waals surface area (Å²) in [5.41, 5.74) is 7.66. The molecule has 2 aromatic rings. The van der Waals surface area contributed by atoms with E-state index in [4.69, 9.17) is 5.73 Å². The fourth-order valence-corrected chi connectivity index (χ4v) is 3.34. The lowest BCUT2D eigenvalue weighted by Gasteiger charge is -2.04. The summed E-state index contributed by atoms with van der Waals surface area (Å²) in [6, 6.07) is 6.49. The van der Waals surface area contributed by atoms with Gasteiger partial charge in [-0.2, -0.15) is 5.10 Å². The Kier molecular flexibility index (Phi) is 5.01. The summed E-state index contributed by atoms with van der Waals surface area (Å²) in [6.45, 7) is 3.29. The molecular weight excluding hydrogens is 329 g/mol. The van der Waals surface area contributed by atoms with E-state index in [1.54, 1.807) is 23.9 Å². The molecule has 2 N–H and O–H groups in total. The highest BCUT2D eigenvalue weighted by Crippen LogP contribution is 2.34. The SMILES string of the molecule is Cc1c(Sc2ccc(F)cc2)c(CBr)nn1CCN. The maximum Gasteiger partial charge on any atom is 0.123 e. The van der Waals surface area contributed by atoms with Gasteiger partial charge in [-0.1, -0.05) is 27.7 Å². The summed E-state index contributed by atoms with van der Waals surface area (Å²) in [4.78, 5) is 2.11. The molecular formula is C13H15BrFN3S. The van der Waals surface area contributed by atoms with Crippen molar-refractivity contribution in [2.75, 3.05) is 6.54 Å². The molecule has 1 aromatic heterocycles. The van der Waals surface area contributed by atoms with Gasteiger partial charge in [0.25, 0.3) is 0 Å². The van der Waals surface area contributed by atoms with Gasteiger partial charge in [0.2, 0.25) is 0 Å². The van der Waals surface area contributed by atoms with Gasteiger partial charge in [-0.05, 0) is 31.2 Å². The normalized spacial score (nSPS) is 10.9. The smallest absolute Gasteiger partial charge is 0.123 e. The Hall–Kier alpha value is -0.850. The number of hydrogen-bond donors (Lipinski definition) is 1. The van der Waals surface area contributed by atoms with Gasteiger partial charge in [0.1, 0.15) is 5.82 Å². The monoisotopic (exact) mass is 343 g/mol. The van der Waals surface area contributed by atoms with Gasteiger partial charge >= 0.3 is 0 Å². The summed E-state index contributed by atoms with van der Waals surface area (Å²) in [5, 5.41) is 5.22. The van der Waals surface area contributed by atoms with Crippen LogP contribution in [0.4, 0.5) is 4.39 Å². The highest BCUT2D eigenvalue weighted by molar-refractivity contribution is 9.08. The minimum Gasteiger partial charge on any atom is -0.329 e. The van der Waals surface area contributed by atoms with Crippen LogP contribution in [-0.4, -0.2) is 16.3 Å². The van der Waals surface area contributed by atoms with Crippen LogP contribution >= 0.6 is 27.7 Å². The highest BCUT2D eigenvalue weighted by atomic mass is 79.9. The van der Waals surface area contributed by atoms with Crippen molar-refractivity contribution in [1.29, 1.82) is 0 Å². The molecule has 1 heterocycles. The summed E-state index contributed by atoms with van der Waals surface area (Å²) in [7, 11) is 0. The van der Waals surface area contributed by atoms with E-state index in [1.165, 1.54) is 12.1 Å². The average molecular weight is 344 g/mol. The van der Waals surface area contributed by atoms with Crippen molar-refractivity contribution in [3.63, 3.8) is 0 Å². The number of benzene rings is 1. The second-order valence-electron chi connectivity index (χ2n) is 4.06. The molecule has 0 amide bonds. The first-order chi connectivity index (χ1) is 9.15. The number of aromatic nitrogens is 2. The second-order valence-corrected chi connectivity index (χ2v) is 5.71. The Morgan fingerprint density at radius 2 is 2.05 bits per heavy atom. The van der Waals surface area contributed by atoms with E-state index in [2.05, 4.69) is 21.0 Å². The van der Waals surface area contributed by atoms with Gasteiger partial charge in [-0.15, -0.1) is 0 Å². The molecule has 19 heavy (non-hydrogen) atoms. The van der Waals surface area contributed by atoms with Gasteiger partial charge in [0.15, 0.2) is 0 Å². The van der Waals surface area contributed by atoms with Crippen LogP contribution in [0.2, 0.25) is 0 Å². The number of nitrogens with two attached hydrogens (primary N) is 1. The molecule has 0 fully saturated rings. The first-order valence-corrected chi connectivity index (χ1v) is 7.85. The molecule has 0 aliphatic heterocycles. The molecule has 0 bridgehead atoms. The lowest BCUT2D eigenvalue weighted by molar-refractivity contribution is 0.602. The molecule has 3 nitrogen and oxygen atoms in total. The Morgan fingerprint density at radius 3 is 2.63 bits per heavy atom. The molecule has 2 rings (SSSR count). The van der Waals surface area contributed by atoms with E-state index in [0.29, 0.717) is 18.4 Å². The van der Waals surface area contributed by atoms with Crippen molar-refractivity contribution in [3.8, 4) is 0 Å². The van der Waals surface area contributed by atoms with Crippen molar-refractivity contribution in [2.45, 2.75) is 28.6 Å². The minimum atomic E-state index is -0.222. The molecule has 6 heteroatoms. The van der Waals surface area contributed by atoms with Crippen LogP contribution in [0, 0.1) is 12.7 Å². The van der Waals surface area contributed by atoms with Crippen LogP contribution < -0.4 is 5.73 Å². The van der Waals surface area contributed by atoms with Crippen LogP contribution in [0.5, 0.6) is 0 Å². The molecule has 0 unspecified atom stereocenters. The van der Waals surface area contributed by atoms with Crippen molar-refractivity contribution < 1.29 is 4.39 Å². The van der Waals surface area contributed by atoms with Crippen LogP contribution in [0.3, 0.4) is 0 Å². The molecule has 0 spiro atoms. The fourth-order valence-electron chi connectivity index (χ4n) is 1.77. The standard InChI is InChI=1S/C13H15BrFN3S/c1-9-13(12(8-14)17-18(9)7-6-16)19-11-4-2-10(15)3-5-11/h2-5H,6-8,16H2,1H3. The van der Waals surface area contributed by atoms with Gasteiger partial charge < -0.3 is 5.73 Å². The Balaban J connectivity index is 2.30. The summed E-state index contributed by atoms with van der Waals surface area (Å²) >= 11 is 5.05. The number of alkyl halides is 1. The molecule has 0 atom stereocenters. The van der Waals surface area contributed by atoms with Crippen LogP contribution in [0.25, 0.3) is 0 Å². The predicted octanol–water partition coefficient (Wildman–Crippen LogP) is 3.34. The maximum atomic E-state index is 12.9. The van der Waals surface area contributed by atoms with Crippen LogP contribution in [0.1, 0.15) is 11.4 Å². The molecule has 0 saturated heterocycles. The Morgan fingerprint density at radius 1 is 1.37 bits per heavy atom. The van der Waals surface area contributed by atoms with E-state index in [9.17, 15) is 4.39 Å². The van der Waals surface area contributed by atoms with Crippen molar-refractivity contribution in [2.24, 2.45) is 5.73 Å². The van der Waals surface area contributed by atoms with E-state index in [0.717, 1.165) is 21.2 Å². The number of nitrogens with zero attached hydrogens (tertiary/aromatic N) is 2. The summed E-state index contributed by atoms with van der Waals surface area (Å²) in [5.74, 6) is -0.222. The van der Waals surface area contributed by atoms with Gasteiger partial charge in [0, 0.05) is 22.5 Å². The first kappa shape index (κ1) is 14.6. The minimum absolute atomic E-state index is 0.222. The van der Waals surface area contributed by atoms with Gasteiger partial charge in [-0.25, -0.2) is 4.39 Å². The third kappa shape index (κ3) is 3.38. The predicted molar refractivity (Wildman–Crippen MR) is 79.2 cm³/mol. The zero-order chi connectivity index (χ0) is 13.8. The quantitative estimate of drug-likeness (QED) is 0.846. The van der Waals surface area contributed by atoms with E-state index in [-0.39, 0.29) is 5.82 Å². The van der Waals surface area contributed by atoms with E-state index < -0.39 is 0 Å². The van der Waals surface area contributed by atoms with Crippen molar-refractivity contribution in [3.05, 3.63) is 41.5 Å². The molecule has 0 aliphatic rings. The Bertz CT molecular complexity index is 554. The topological polar surface area (TPSA) is 43.8 Å². The fraction of sp³-hybridized carbons (Fsp3) is 0.308. The maximum absolute atomic E-state index is 12.9. The molecule has 0 aliphatic carbocycles. The van der Waals surface area contributed by atoms with Crippen LogP contribution in [-0.2, 0) is 11.9 Å². The number of halogens is 2. The van der Waals surface area contributed by atoms with Crippen molar-refractivity contribution >= 4 is 27.7 Å². The molecule has 0 saturated carbocycles. The van der Waals surface area contributed by atoms with Gasteiger partial charge in [0.05, 0.1) is 17.1 Å². The van der Waals surface area contributed by atoms with Crippen LogP contribution in [0.15, 0.2) is 34.1 Å². The van der Waals surface area contributed by atoms with E-state index >= 15 is 0 Å². The van der Waals surface area contributed by atoms with Gasteiger partial charge in [-0.3, -0.25) is 4.68 Å². The second kappa shape index (κ2) is 6.54. The van der Waals surface area contributed by atoms with Crippen molar-refractivity contribution in [1.82, 2.24) is 9.78 Å². The third-order valence-electron chi connectivity index (χ3n) is 2.72. The average Bonchev–Trinajstić information content (AvgIpc) is 2.70. The highest BCUT2D eigenvalue weighted by Gasteiger charge is 2.14. The zero-order valence-electron chi connectivity index (χ0n) is 10.6. The van der Waals surface area contributed by atoms with E-state index in [1.807, 2.05) is 11.6 Å². The molecule has 0 radical (unpaired) electrons. The molecule has 1 aromatic carbocycles. The summed E-state index contributed by atoms with van der Waals surface area (Å²) in [6.07, 6.45) is 0.